The summed E-state index contributed by atoms with van der Waals surface area (Å²) in [4.78, 5) is 0. The maximum atomic E-state index is 9.50. The zero-order chi connectivity index (χ0) is 15.5. The number of hydrogen-bond acceptors (Lipinski definition) is 3. The lowest BCUT2D eigenvalue weighted by Crippen LogP contribution is -1.92. The van der Waals surface area contributed by atoms with Crippen molar-refractivity contribution in [3.05, 3.63) is 71.3 Å². The van der Waals surface area contributed by atoms with Gasteiger partial charge in [0.05, 0.1) is 6.61 Å². The average molecular weight is 294 g/mol. The van der Waals surface area contributed by atoms with E-state index in [1.807, 2.05) is 18.2 Å². The van der Waals surface area contributed by atoms with Gasteiger partial charge in [-0.15, -0.1) is 0 Å². The van der Waals surface area contributed by atoms with Crippen LogP contribution in [0.4, 0.5) is 0 Å². The minimum absolute atomic E-state index is 0.0543. The van der Waals surface area contributed by atoms with E-state index >= 15 is 0 Å². The maximum absolute atomic E-state index is 9.50. The van der Waals surface area contributed by atoms with Crippen LogP contribution < -0.4 is 0 Å². The second kappa shape index (κ2) is 6.08. The third-order valence-electron chi connectivity index (χ3n) is 3.82. The molecule has 0 fully saturated rings. The highest BCUT2D eigenvalue weighted by Crippen LogP contribution is 2.23. The van der Waals surface area contributed by atoms with Crippen LogP contribution in [-0.4, -0.2) is 15.3 Å². The summed E-state index contributed by atoms with van der Waals surface area (Å²) >= 11 is 0. The van der Waals surface area contributed by atoms with Crippen molar-refractivity contribution in [3.8, 4) is 11.5 Å². The van der Waals surface area contributed by atoms with Crippen LogP contribution in [-0.2, 0) is 19.4 Å². The Balaban J connectivity index is 1.79. The summed E-state index contributed by atoms with van der Waals surface area (Å²) in [6.07, 6.45) is 1.59. The van der Waals surface area contributed by atoms with Crippen LogP contribution in [0.3, 0.4) is 0 Å². The Labute approximate surface area is 129 Å². The summed E-state index contributed by atoms with van der Waals surface area (Å²) in [5.74, 6) is 0.176. The summed E-state index contributed by atoms with van der Waals surface area (Å²) in [6.45, 7) is 0.0543. The third kappa shape index (κ3) is 3.21. The van der Waals surface area contributed by atoms with Crippen LogP contribution in [0.5, 0.6) is 11.5 Å². The standard InChI is InChI=1S/C19H18O3/c20-12-15-4-6-16-7-13(3-5-17(16)8-15)1-2-14-9-18(21)11-19(22)10-14/h3-11,20-22H,1-2,12H2. The second-order valence-corrected chi connectivity index (χ2v) is 5.53. The molecule has 0 bridgehead atoms. The zero-order valence-corrected chi connectivity index (χ0v) is 12.2. The number of benzene rings is 3. The van der Waals surface area contributed by atoms with Gasteiger partial charge >= 0.3 is 0 Å². The summed E-state index contributed by atoms with van der Waals surface area (Å²) < 4.78 is 0. The number of phenolic OH excluding ortho intramolecular Hbond substituents is 2. The van der Waals surface area contributed by atoms with E-state index in [0.29, 0.717) is 0 Å². The molecule has 0 spiro atoms. The van der Waals surface area contributed by atoms with E-state index in [1.54, 1.807) is 12.1 Å². The van der Waals surface area contributed by atoms with E-state index in [1.165, 1.54) is 11.6 Å². The fraction of sp³-hybridized carbons (Fsp3) is 0.158. The van der Waals surface area contributed by atoms with Crippen molar-refractivity contribution in [2.75, 3.05) is 0 Å². The zero-order valence-electron chi connectivity index (χ0n) is 12.2. The second-order valence-electron chi connectivity index (χ2n) is 5.53. The molecule has 3 nitrogen and oxygen atoms in total. The van der Waals surface area contributed by atoms with E-state index in [4.69, 9.17) is 5.11 Å². The Morgan fingerprint density at radius 2 is 1.14 bits per heavy atom. The largest absolute Gasteiger partial charge is 0.508 e. The molecule has 22 heavy (non-hydrogen) atoms. The van der Waals surface area contributed by atoms with E-state index in [2.05, 4.69) is 18.2 Å². The van der Waals surface area contributed by atoms with E-state index < -0.39 is 0 Å². The van der Waals surface area contributed by atoms with Crippen molar-refractivity contribution in [1.82, 2.24) is 0 Å². The minimum atomic E-state index is 0.0543. The predicted octanol–water partition coefficient (Wildman–Crippen LogP) is 3.53. The van der Waals surface area contributed by atoms with Gasteiger partial charge in [-0.25, -0.2) is 0 Å². The van der Waals surface area contributed by atoms with Crippen molar-refractivity contribution >= 4 is 10.8 Å². The van der Waals surface area contributed by atoms with E-state index in [0.717, 1.165) is 34.7 Å². The Hall–Kier alpha value is -2.52. The van der Waals surface area contributed by atoms with Gasteiger partial charge in [0.25, 0.3) is 0 Å². The molecular weight excluding hydrogens is 276 g/mol. The van der Waals surface area contributed by atoms with Gasteiger partial charge in [-0.3, -0.25) is 0 Å². The quantitative estimate of drug-likeness (QED) is 0.690. The highest BCUT2D eigenvalue weighted by Gasteiger charge is 2.02. The molecular formula is C19H18O3. The number of rotatable bonds is 4. The molecule has 0 aromatic heterocycles. The molecule has 0 aliphatic carbocycles. The van der Waals surface area contributed by atoms with Crippen molar-refractivity contribution in [3.63, 3.8) is 0 Å². The van der Waals surface area contributed by atoms with Crippen molar-refractivity contribution in [1.29, 1.82) is 0 Å². The Kier molecular flexibility index (Phi) is 3.98. The molecule has 3 rings (SSSR count). The van der Waals surface area contributed by atoms with Gasteiger partial charge in [-0.1, -0.05) is 30.3 Å². The minimum Gasteiger partial charge on any atom is -0.508 e. The highest BCUT2D eigenvalue weighted by molar-refractivity contribution is 5.83. The SMILES string of the molecule is OCc1ccc2cc(CCc3cc(O)cc(O)c3)ccc2c1. The molecule has 3 aromatic carbocycles. The van der Waals surface area contributed by atoms with Gasteiger partial charge in [0.2, 0.25) is 0 Å². The molecule has 0 atom stereocenters. The molecule has 0 heterocycles. The monoisotopic (exact) mass is 294 g/mol. The molecule has 0 saturated carbocycles. The van der Waals surface area contributed by atoms with Gasteiger partial charge in [0, 0.05) is 6.07 Å². The summed E-state index contributed by atoms with van der Waals surface area (Å²) in [5, 5.41) is 30.4. The van der Waals surface area contributed by atoms with Gasteiger partial charge in [0.1, 0.15) is 11.5 Å². The van der Waals surface area contributed by atoms with Gasteiger partial charge in [-0.05, 0) is 58.5 Å². The molecule has 0 aliphatic heterocycles. The predicted molar refractivity (Wildman–Crippen MR) is 87.1 cm³/mol. The highest BCUT2D eigenvalue weighted by atomic mass is 16.3. The molecule has 0 radical (unpaired) electrons. The fourth-order valence-electron chi connectivity index (χ4n) is 2.69. The number of aryl methyl sites for hydroxylation is 2. The molecule has 0 amide bonds. The first-order valence-electron chi connectivity index (χ1n) is 7.28. The first-order chi connectivity index (χ1) is 10.6. The molecule has 0 aliphatic rings. The fourth-order valence-corrected chi connectivity index (χ4v) is 2.69. The number of phenols is 2. The number of aliphatic hydroxyl groups excluding tert-OH is 1. The molecule has 0 saturated heterocycles. The lowest BCUT2D eigenvalue weighted by atomic mass is 10.00. The average Bonchev–Trinajstić information content (AvgIpc) is 2.51. The molecule has 3 heteroatoms. The Morgan fingerprint density at radius 3 is 1.77 bits per heavy atom. The van der Waals surface area contributed by atoms with Gasteiger partial charge in [0.15, 0.2) is 0 Å². The van der Waals surface area contributed by atoms with Crippen LogP contribution >= 0.6 is 0 Å². The van der Waals surface area contributed by atoms with Crippen LogP contribution in [0, 0.1) is 0 Å². The van der Waals surface area contributed by atoms with Crippen molar-refractivity contribution in [2.45, 2.75) is 19.4 Å². The van der Waals surface area contributed by atoms with Gasteiger partial charge in [-0.2, -0.15) is 0 Å². The molecule has 3 N–H and O–H groups in total. The Morgan fingerprint density at radius 1 is 0.591 bits per heavy atom. The lowest BCUT2D eigenvalue weighted by Gasteiger charge is -2.07. The Bertz CT molecular complexity index is 789. The first kappa shape index (κ1) is 14.4. The molecule has 3 aromatic rings. The van der Waals surface area contributed by atoms with Crippen molar-refractivity contribution < 1.29 is 15.3 Å². The molecule has 0 unspecified atom stereocenters. The van der Waals surface area contributed by atoms with Crippen molar-refractivity contribution in [2.24, 2.45) is 0 Å². The number of hydrogen-bond donors (Lipinski definition) is 3. The molecule has 112 valence electrons. The van der Waals surface area contributed by atoms with Crippen LogP contribution in [0.15, 0.2) is 54.6 Å². The topological polar surface area (TPSA) is 60.7 Å². The smallest absolute Gasteiger partial charge is 0.119 e. The van der Waals surface area contributed by atoms with E-state index in [9.17, 15) is 10.2 Å². The van der Waals surface area contributed by atoms with Crippen LogP contribution in [0.25, 0.3) is 10.8 Å². The summed E-state index contributed by atoms with van der Waals surface area (Å²) in [6, 6.07) is 16.9. The summed E-state index contributed by atoms with van der Waals surface area (Å²) in [7, 11) is 0. The third-order valence-corrected chi connectivity index (χ3v) is 3.82. The number of fused-ring (bicyclic) bond motifs is 1. The van der Waals surface area contributed by atoms with Gasteiger partial charge < -0.3 is 15.3 Å². The lowest BCUT2D eigenvalue weighted by molar-refractivity contribution is 0.282. The summed E-state index contributed by atoms with van der Waals surface area (Å²) in [5.41, 5.74) is 3.02. The normalized spacial score (nSPS) is 11.0. The van der Waals surface area contributed by atoms with Crippen LogP contribution in [0.1, 0.15) is 16.7 Å². The number of aromatic hydroxyl groups is 2. The number of aliphatic hydroxyl groups is 1. The van der Waals surface area contributed by atoms with E-state index in [-0.39, 0.29) is 18.1 Å². The van der Waals surface area contributed by atoms with Crippen LogP contribution in [0.2, 0.25) is 0 Å². The first-order valence-corrected chi connectivity index (χ1v) is 7.28. The maximum Gasteiger partial charge on any atom is 0.119 e.